The van der Waals surface area contributed by atoms with E-state index in [2.05, 4.69) is 10.1 Å². The maximum absolute atomic E-state index is 12.9. The van der Waals surface area contributed by atoms with E-state index in [1.165, 1.54) is 12.4 Å². The Balaban J connectivity index is 1.65. The summed E-state index contributed by atoms with van der Waals surface area (Å²) < 4.78 is 1.67. The molecule has 4 rings (SSSR count). The average Bonchev–Trinajstić information content (AvgIpc) is 3.28. The van der Waals surface area contributed by atoms with Gasteiger partial charge in [0.25, 0.3) is 5.91 Å². The van der Waals surface area contributed by atoms with Gasteiger partial charge in [-0.3, -0.25) is 14.3 Å². The first kappa shape index (κ1) is 16.0. The summed E-state index contributed by atoms with van der Waals surface area (Å²) >= 11 is 0. The first-order valence-electron chi connectivity index (χ1n) is 8.29. The summed E-state index contributed by atoms with van der Waals surface area (Å²) in [4.78, 5) is 31.1. The lowest BCUT2D eigenvalue weighted by atomic mass is 10.0. The van der Waals surface area contributed by atoms with Crippen LogP contribution < -0.4 is 4.90 Å². The topological polar surface area (TPSA) is 68.1 Å². The maximum Gasteiger partial charge on any atom is 0.259 e. The molecule has 3 aromatic rings. The quantitative estimate of drug-likeness (QED) is 0.527. The van der Waals surface area contributed by atoms with Crippen LogP contribution in [0, 0.1) is 0 Å². The van der Waals surface area contributed by atoms with Gasteiger partial charge in [-0.15, -0.1) is 0 Å². The second-order valence-corrected chi connectivity index (χ2v) is 5.92. The molecule has 26 heavy (non-hydrogen) atoms. The van der Waals surface area contributed by atoms with Gasteiger partial charge in [-0.05, 0) is 12.1 Å². The van der Waals surface area contributed by atoms with E-state index in [0.29, 0.717) is 24.2 Å². The highest BCUT2D eigenvalue weighted by Gasteiger charge is 2.32. The van der Waals surface area contributed by atoms with Crippen molar-refractivity contribution in [3.63, 3.8) is 0 Å². The number of nitrogens with zero attached hydrogens (tertiary/aromatic N) is 4. The molecule has 0 radical (unpaired) electrons. The summed E-state index contributed by atoms with van der Waals surface area (Å²) in [6.07, 6.45) is 4.51. The van der Waals surface area contributed by atoms with Crippen molar-refractivity contribution in [2.24, 2.45) is 0 Å². The largest absolute Gasteiger partial charge is 0.306 e. The number of anilines is 1. The highest BCUT2D eigenvalue weighted by atomic mass is 16.2. The number of ketones is 1. The van der Waals surface area contributed by atoms with Crippen molar-refractivity contribution < 1.29 is 9.59 Å². The van der Waals surface area contributed by atoms with Crippen LogP contribution in [0.25, 0.3) is 5.57 Å². The van der Waals surface area contributed by atoms with Crippen molar-refractivity contribution >= 4 is 23.0 Å². The van der Waals surface area contributed by atoms with Gasteiger partial charge < -0.3 is 4.90 Å². The number of para-hydroxylation sites is 1. The van der Waals surface area contributed by atoms with E-state index in [4.69, 9.17) is 0 Å². The lowest BCUT2D eigenvalue weighted by molar-refractivity contribution is -0.113. The predicted molar refractivity (Wildman–Crippen MR) is 97.6 cm³/mol. The van der Waals surface area contributed by atoms with Gasteiger partial charge in [-0.1, -0.05) is 48.5 Å². The van der Waals surface area contributed by atoms with Crippen LogP contribution in [0.2, 0.25) is 0 Å². The Kier molecular flexibility index (Phi) is 4.15. The molecule has 1 aromatic heterocycles. The molecule has 0 saturated heterocycles. The molecule has 0 aliphatic carbocycles. The normalized spacial score (nSPS) is 14.7. The fourth-order valence-electron chi connectivity index (χ4n) is 3.04. The maximum atomic E-state index is 12.9. The highest BCUT2D eigenvalue weighted by molar-refractivity contribution is 6.35. The molecule has 0 bridgehead atoms. The number of rotatable bonds is 5. The van der Waals surface area contributed by atoms with Gasteiger partial charge in [-0.2, -0.15) is 5.10 Å². The monoisotopic (exact) mass is 344 g/mol. The van der Waals surface area contributed by atoms with Gasteiger partial charge in [0, 0.05) is 17.7 Å². The Morgan fingerprint density at radius 1 is 1.00 bits per heavy atom. The van der Waals surface area contributed by atoms with Crippen molar-refractivity contribution in [1.82, 2.24) is 14.8 Å². The van der Waals surface area contributed by atoms with Gasteiger partial charge in [0.15, 0.2) is 5.78 Å². The number of carbonyl (C=O) groups is 2. The van der Waals surface area contributed by atoms with Crippen molar-refractivity contribution in [3.8, 4) is 0 Å². The first-order valence-corrected chi connectivity index (χ1v) is 8.29. The molecular formula is C20H16N4O2. The Hall–Kier alpha value is -3.54. The number of amides is 1. The number of aromatic nitrogens is 3. The average molecular weight is 344 g/mol. The summed E-state index contributed by atoms with van der Waals surface area (Å²) in [7, 11) is 0. The van der Waals surface area contributed by atoms with Crippen LogP contribution in [0.4, 0.5) is 5.69 Å². The molecule has 1 aliphatic heterocycles. The van der Waals surface area contributed by atoms with Crippen LogP contribution in [0.1, 0.15) is 15.9 Å². The fourth-order valence-corrected chi connectivity index (χ4v) is 3.04. The molecule has 2 heterocycles. The third kappa shape index (κ3) is 2.93. The predicted octanol–water partition coefficient (Wildman–Crippen LogP) is 2.59. The molecule has 0 N–H and O–H groups in total. The molecular weight excluding hydrogens is 328 g/mol. The summed E-state index contributed by atoms with van der Waals surface area (Å²) in [5, 5.41) is 4.06. The van der Waals surface area contributed by atoms with Crippen LogP contribution in [-0.4, -0.2) is 33.0 Å². The lowest BCUT2D eigenvalue weighted by Crippen LogP contribution is -2.30. The van der Waals surface area contributed by atoms with E-state index in [-0.39, 0.29) is 11.7 Å². The number of allylic oxidation sites excluding steroid dienone is 1. The molecule has 2 aromatic carbocycles. The zero-order valence-corrected chi connectivity index (χ0v) is 13.9. The molecule has 0 spiro atoms. The minimum absolute atomic E-state index is 0.171. The standard InChI is InChI=1S/C20H16N4O2/c25-19(15-6-2-1-3-7-15)12-17-16-8-4-5-9-18(16)24(20(17)26)11-10-23-14-21-13-22-23/h1-9,12-14H,10-11H2/b17-12-. The van der Waals surface area contributed by atoms with Crippen molar-refractivity contribution in [2.45, 2.75) is 6.54 Å². The molecule has 0 atom stereocenters. The second-order valence-electron chi connectivity index (χ2n) is 5.92. The molecule has 6 heteroatoms. The van der Waals surface area contributed by atoms with Crippen LogP contribution in [0.3, 0.4) is 0 Å². The van der Waals surface area contributed by atoms with E-state index in [1.807, 2.05) is 30.3 Å². The number of hydrogen-bond donors (Lipinski definition) is 0. The molecule has 6 nitrogen and oxygen atoms in total. The minimum Gasteiger partial charge on any atom is -0.306 e. The smallest absolute Gasteiger partial charge is 0.259 e. The Morgan fingerprint density at radius 2 is 1.77 bits per heavy atom. The zero-order chi connectivity index (χ0) is 17.9. The van der Waals surface area contributed by atoms with Crippen LogP contribution in [0.5, 0.6) is 0 Å². The van der Waals surface area contributed by atoms with Gasteiger partial charge in [-0.25, -0.2) is 4.98 Å². The van der Waals surface area contributed by atoms with Crippen molar-refractivity contribution in [2.75, 3.05) is 11.4 Å². The summed E-state index contributed by atoms with van der Waals surface area (Å²) in [5.41, 5.74) is 2.57. The van der Waals surface area contributed by atoms with E-state index in [1.54, 1.807) is 40.2 Å². The minimum atomic E-state index is -0.179. The third-order valence-corrected chi connectivity index (χ3v) is 4.31. The number of benzene rings is 2. The summed E-state index contributed by atoms with van der Waals surface area (Å²) in [6, 6.07) is 16.5. The molecule has 1 amide bonds. The Bertz CT molecular complexity index is 978. The van der Waals surface area contributed by atoms with Gasteiger partial charge in [0.05, 0.1) is 17.8 Å². The first-order chi connectivity index (χ1) is 12.7. The SMILES string of the molecule is O=C(/C=C1\C(=O)N(CCn2cncn2)c2ccccc21)c1ccccc1. The highest BCUT2D eigenvalue weighted by Crippen LogP contribution is 2.36. The van der Waals surface area contributed by atoms with Crippen LogP contribution in [-0.2, 0) is 11.3 Å². The number of carbonyl (C=O) groups excluding carboxylic acids is 2. The van der Waals surface area contributed by atoms with Gasteiger partial charge >= 0.3 is 0 Å². The number of hydrogen-bond acceptors (Lipinski definition) is 4. The zero-order valence-electron chi connectivity index (χ0n) is 13.9. The Morgan fingerprint density at radius 3 is 2.54 bits per heavy atom. The van der Waals surface area contributed by atoms with E-state index in [9.17, 15) is 9.59 Å². The molecule has 0 unspecified atom stereocenters. The molecule has 0 saturated carbocycles. The van der Waals surface area contributed by atoms with Crippen molar-refractivity contribution in [1.29, 1.82) is 0 Å². The van der Waals surface area contributed by atoms with E-state index < -0.39 is 0 Å². The molecule has 0 fully saturated rings. The Labute approximate surface area is 150 Å². The molecule has 128 valence electrons. The van der Waals surface area contributed by atoms with Gasteiger partial charge in [0.1, 0.15) is 12.7 Å². The van der Waals surface area contributed by atoms with Gasteiger partial charge in [0.2, 0.25) is 0 Å². The summed E-state index contributed by atoms with van der Waals surface area (Å²) in [5.74, 6) is -0.350. The van der Waals surface area contributed by atoms with Crippen LogP contribution in [0.15, 0.2) is 73.3 Å². The fraction of sp³-hybridized carbons (Fsp3) is 0.100. The van der Waals surface area contributed by atoms with Crippen LogP contribution >= 0.6 is 0 Å². The summed E-state index contributed by atoms with van der Waals surface area (Å²) in [6.45, 7) is 0.982. The number of fused-ring (bicyclic) bond motifs is 1. The lowest BCUT2D eigenvalue weighted by Gasteiger charge is -2.16. The molecule has 1 aliphatic rings. The third-order valence-electron chi connectivity index (χ3n) is 4.31. The van der Waals surface area contributed by atoms with E-state index >= 15 is 0 Å². The second kappa shape index (κ2) is 6.76. The van der Waals surface area contributed by atoms with E-state index in [0.717, 1.165) is 11.3 Å². The van der Waals surface area contributed by atoms with Crippen molar-refractivity contribution in [3.05, 3.63) is 84.5 Å².